The van der Waals surface area contributed by atoms with Crippen molar-refractivity contribution in [1.29, 1.82) is 0 Å². The number of hydrazine groups is 1. The van der Waals surface area contributed by atoms with E-state index in [9.17, 15) is 0 Å². The fraction of sp³-hybridized carbons (Fsp3) is 0.214. The molecule has 0 spiro atoms. The van der Waals surface area contributed by atoms with Crippen LogP contribution in [0.4, 0.5) is 0 Å². The number of hydrogen-bond acceptors (Lipinski definition) is 5. The van der Waals surface area contributed by atoms with Crippen LogP contribution in [0.1, 0.15) is 17.3 Å². The van der Waals surface area contributed by atoms with Gasteiger partial charge in [-0.3, -0.25) is 15.7 Å². The first-order chi connectivity index (χ1) is 10.2. The van der Waals surface area contributed by atoms with Gasteiger partial charge in [0.15, 0.2) is 4.96 Å². The number of nitrogens with one attached hydrogen (secondary N) is 1. The largest absolute Gasteiger partial charge is 0.496 e. The first kappa shape index (κ1) is 14.5. The minimum absolute atomic E-state index is 0.00295. The zero-order valence-corrected chi connectivity index (χ0v) is 13.8. The summed E-state index contributed by atoms with van der Waals surface area (Å²) in [5.74, 6) is 6.52. The fourth-order valence-electron chi connectivity index (χ4n) is 2.26. The minimum atomic E-state index is -0.00295. The Bertz CT molecular complexity index is 726. The van der Waals surface area contributed by atoms with Gasteiger partial charge >= 0.3 is 0 Å². The third-order valence-corrected chi connectivity index (χ3v) is 4.73. The molecule has 0 aliphatic heterocycles. The molecule has 2 aromatic heterocycles. The van der Waals surface area contributed by atoms with E-state index in [-0.39, 0.29) is 6.04 Å². The molecule has 1 aromatic carbocycles. The molecule has 7 heteroatoms. The Hall–Kier alpha value is -1.41. The van der Waals surface area contributed by atoms with Crippen LogP contribution in [0.3, 0.4) is 0 Å². The standard InChI is InChI=1S/C14H15BrN4OS/c1-20-13-3-2-9(6-11(13)15)12(18-16)7-10-8-19-4-5-21-14(19)17-10/h2-6,8,12,18H,7,16H2,1H3. The number of rotatable bonds is 5. The van der Waals surface area contributed by atoms with Crippen LogP contribution in [0, 0.1) is 0 Å². The minimum Gasteiger partial charge on any atom is -0.496 e. The first-order valence-electron chi connectivity index (χ1n) is 6.42. The molecular formula is C14H15BrN4OS. The molecular weight excluding hydrogens is 352 g/mol. The van der Waals surface area contributed by atoms with E-state index in [0.717, 1.165) is 32.9 Å². The van der Waals surface area contributed by atoms with Crippen LogP contribution < -0.4 is 16.0 Å². The van der Waals surface area contributed by atoms with Crippen molar-refractivity contribution >= 4 is 32.2 Å². The summed E-state index contributed by atoms with van der Waals surface area (Å²) in [6.45, 7) is 0. The van der Waals surface area contributed by atoms with Gasteiger partial charge in [0, 0.05) is 24.2 Å². The Kier molecular flexibility index (Phi) is 4.25. The molecule has 1 unspecified atom stereocenters. The van der Waals surface area contributed by atoms with Gasteiger partial charge < -0.3 is 4.74 Å². The summed E-state index contributed by atoms with van der Waals surface area (Å²) in [7, 11) is 1.65. The quantitative estimate of drug-likeness (QED) is 0.538. The summed E-state index contributed by atoms with van der Waals surface area (Å²) < 4.78 is 8.18. The third kappa shape index (κ3) is 2.96. The van der Waals surface area contributed by atoms with Crippen molar-refractivity contribution in [1.82, 2.24) is 14.8 Å². The molecule has 0 aliphatic carbocycles. The second-order valence-corrected chi connectivity index (χ2v) is 6.37. The number of methoxy groups -OCH3 is 1. The molecule has 0 saturated carbocycles. The number of thiazole rings is 1. The van der Waals surface area contributed by atoms with Crippen LogP contribution in [0.15, 0.2) is 40.4 Å². The van der Waals surface area contributed by atoms with E-state index in [4.69, 9.17) is 10.6 Å². The maximum absolute atomic E-state index is 5.71. The molecule has 0 bridgehead atoms. The number of aromatic nitrogens is 2. The Morgan fingerprint density at radius 1 is 1.52 bits per heavy atom. The number of fused-ring (bicyclic) bond motifs is 1. The van der Waals surface area contributed by atoms with Gasteiger partial charge in [0.2, 0.25) is 0 Å². The Morgan fingerprint density at radius 2 is 2.38 bits per heavy atom. The lowest BCUT2D eigenvalue weighted by molar-refractivity contribution is 0.411. The molecule has 110 valence electrons. The Morgan fingerprint density at radius 3 is 3.05 bits per heavy atom. The monoisotopic (exact) mass is 366 g/mol. The molecule has 1 atom stereocenters. The van der Waals surface area contributed by atoms with E-state index in [1.54, 1.807) is 18.4 Å². The van der Waals surface area contributed by atoms with Crippen molar-refractivity contribution in [3.63, 3.8) is 0 Å². The summed E-state index contributed by atoms with van der Waals surface area (Å²) in [6.07, 6.45) is 4.77. The number of halogens is 1. The second kappa shape index (κ2) is 6.15. The predicted molar refractivity (Wildman–Crippen MR) is 87.5 cm³/mol. The van der Waals surface area contributed by atoms with Gasteiger partial charge in [-0.25, -0.2) is 4.98 Å². The first-order valence-corrected chi connectivity index (χ1v) is 8.09. The highest BCUT2D eigenvalue weighted by Crippen LogP contribution is 2.29. The van der Waals surface area contributed by atoms with Crippen LogP contribution in [0.2, 0.25) is 0 Å². The van der Waals surface area contributed by atoms with Crippen molar-refractivity contribution in [2.45, 2.75) is 12.5 Å². The summed E-state index contributed by atoms with van der Waals surface area (Å²) in [5, 5.41) is 2.02. The Labute approximate surface area is 134 Å². The molecule has 21 heavy (non-hydrogen) atoms. The average Bonchev–Trinajstić information content (AvgIpc) is 3.05. The lowest BCUT2D eigenvalue weighted by Gasteiger charge is -2.16. The second-order valence-electron chi connectivity index (χ2n) is 4.64. The number of imidazole rings is 1. The number of benzene rings is 1. The van der Waals surface area contributed by atoms with Gasteiger partial charge in [-0.05, 0) is 33.6 Å². The molecule has 0 saturated heterocycles. The van der Waals surface area contributed by atoms with E-state index in [1.807, 2.05) is 40.4 Å². The normalized spacial score (nSPS) is 12.7. The highest BCUT2D eigenvalue weighted by molar-refractivity contribution is 9.10. The van der Waals surface area contributed by atoms with E-state index < -0.39 is 0 Å². The highest BCUT2D eigenvalue weighted by atomic mass is 79.9. The summed E-state index contributed by atoms with van der Waals surface area (Å²) >= 11 is 5.12. The van der Waals surface area contributed by atoms with E-state index >= 15 is 0 Å². The lowest BCUT2D eigenvalue weighted by atomic mass is 10.0. The maximum Gasteiger partial charge on any atom is 0.193 e. The van der Waals surface area contributed by atoms with Crippen molar-refractivity contribution < 1.29 is 4.74 Å². The molecule has 0 amide bonds. The predicted octanol–water partition coefficient (Wildman–Crippen LogP) is 2.91. The lowest BCUT2D eigenvalue weighted by Crippen LogP contribution is -2.29. The fourth-order valence-corrected chi connectivity index (χ4v) is 3.53. The molecule has 2 heterocycles. The van der Waals surface area contributed by atoms with Crippen molar-refractivity contribution in [3.8, 4) is 5.75 Å². The molecule has 5 nitrogen and oxygen atoms in total. The molecule has 0 radical (unpaired) electrons. The molecule has 0 fully saturated rings. The van der Waals surface area contributed by atoms with E-state index in [1.165, 1.54) is 0 Å². The van der Waals surface area contributed by atoms with Gasteiger partial charge in [-0.1, -0.05) is 6.07 Å². The summed E-state index contributed by atoms with van der Waals surface area (Å²) in [6, 6.07) is 5.95. The van der Waals surface area contributed by atoms with Crippen molar-refractivity contribution in [2.75, 3.05) is 7.11 Å². The molecule has 3 rings (SSSR count). The van der Waals surface area contributed by atoms with Gasteiger partial charge in [0.25, 0.3) is 0 Å². The average molecular weight is 367 g/mol. The van der Waals surface area contributed by atoms with Crippen molar-refractivity contribution in [3.05, 3.63) is 51.7 Å². The number of nitrogens with zero attached hydrogens (tertiary/aromatic N) is 2. The van der Waals surface area contributed by atoms with Crippen molar-refractivity contribution in [2.24, 2.45) is 5.84 Å². The van der Waals surface area contributed by atoms with Crippen LogP contribution >= 0.6 is 27.3 Å². The molecule has 3 N–H and O–H groups in total. The Balaban J connectivity index is 1.84. The van der Waals surface area contributed by atoms with Gasteiger partial charge in [-0.15, -0.1) is 11.3 Å². The highest BCUT2D eigenvalue weighted by Gasteiger charge is 2.15. The smallest absolute Gasteiger partial charge is 0.193 e. The molecule has 3 aromatic rings. The topological polar surface area (TPSA) is 64.6 Å². The van der Waals surface area contributed by atoms with Crippen LogP contribution in [0.5, 0.6) is 5.75 Å². The SMILES string of the molecule is COc1ccc(C(Cc2cn3ccsc3n2)NN)cc1Br. The summed E-state index contributed by atoms with van der Waals surface area (Å²) in [5.41, 5.74) is 4.96. The van der Waals surface area contributed by atoms with E-state index in [2.05, 4.69) is 26.3 Å². The zero-order valence-electron chi connectivity index (χ0n) is 11.4. The zero-order chi connectivity index (χ0) is 14.8. The number of hydrogen-bond donors (Lipinski definition) is 2. The van der Waals surface area contributed by atoms with Gasteiger partial charge in [-0.2, -0.15) is 0 Å². The maximum atomic E-state index is 5.71. The van der Waals surface area contributed by atoms with E-state index in [0.29, 0.717) is 0 Å². The van der Waals surface area contributed by atoms with Crippen LogP contribution in [-0.2, 0) is 6.42 Å². The van der Waals surface area contributed by atoms with Gasteiger partial charge in [0.05, 0.1) is 23.3 Å². The van der Waals surface area contributed by atoms with Gasteiger partial charge in [0.1, 0.15) is 5.75 Å². The molecule has 0 aliphatic rings. The van der Waals surface area contributed by atoms with Crippen LogP contribution in [-0.4, -0.2) is 16.5 Å². The summed E-state index contributed by atoms with van der Waals surface area (Å²) in [4.78, 5) is 5.59. The third-order valence-electron chi connectivity index (χ3n) is 3.34. The van der Waals surface area contributed by atoms with Crippen LogP contribution in [0.25, 0.3) is 4.96 Å². The number of nitrogens with two attached hydrogens (primary N) is 1. The number of ether oxygens (including phenoxy) is 1.